The molecule has 0 amide bonds. The smallest absolute Gasteiger partial charge is 0.100 e. The lowest BCUT2D eigenvalue weighted by atomic mass is 10.1. The second-order valence-corrected chi connectivity index (χ2v) is 5.73. The highest BCUT2D eigenvalue weighted by Crippen LogP contribution is 2.17. The van der Waals surface area contributed by atoms with Gasteiger partial charge in [0.05, 0.1) is 13.1 Å². The highest BCUT2D eigenvalue weighted by molar-refractivity contribution is 4.92. The van der Waals surface area contributed by atoms with E-state index < -0.39 is 0 Å². The number of unbranched alkanes of at least 4 members (excludes halogenated alkanes) is 2. The molecule has 0 unspecified atom stereocenters. The van der Waals surface area contributed by atoms with Crippen molar-refractivity contribution in [2.24, 2.45) is 0 Å². The number of hydrogen-bond acceptors (Lipinski definition) is 0. The lowest BCUT2D eigenvalue weighted by molar-refractivity contribution is -0.919. The minimum Gasteiger partial charge on any atom is -1.00 e. The molecule has 18 heavy (non-hydrogen) atoms. The summed E-state index contributed by atoms with van der Waals surface area (Å²) in [6.07, 6.45) is 5.17. The van der Waals surface area contributed by atoms with Gasteiger partial charge in [0.1, 0.15) is 13.1 Å². The molecule has 2 heteroatoms. The summed E-state index contributed by atoms with van der Waals surface area (Å²) >= 11 is 0. The molecule has 0 aromatic heterocycles. The highest BCUT2D eigenvalue weighted by atomic mass is 35.5. The van der Waals surface area contributed by atoms with Crippen LogP contribution in [0.25, 0.3) is 0 Å². The molecule has 0 saturated carbocycles. The number of rotatable bonds is 10. The summed E-state index contributed by atoms with van der Waals surface area (Å²) in [6, 6.07) is 0. The van der Waals surface area contributed by atoms with Crippen molar-refractivity contribution < 1.29 is 16.9 Å². The van der Waals surface area contributed by atoms with Crippen molar-refractivity contribution in [2.45, 2.75) is 53.4 Å². The first-order valence-electron chi connectivity index (χ1n) is 7.09. The van der Waals surface area contributed by atoms with Crippen molar-refractivity contribution in [1.82, 2.24) is 0 Å². The van der Waals surface area contributed by atoms with Crippen LogP contribution in [0.3, 0.4) is 0 Å². The van der Waals surface area contributed by atoms with Crippen LogP contribution < -0.4 is 12.4 Å². The van der Waals surface area contributed by atoms with Crippen LogP contribution >= 0.6 is 0 Å². The molecule has 0 aliphatic carbocycles. The molecule has 0 radical (unpaired) electrons. The molecule has 0 bridgehead atoms. The fourth-order valence-corrected chi connectivity index (χ4v) is 2.62. The van der Waals surface area contributed by atoms with Crippen molar-refractivity contribution >= 4 is 0 Å². The maximum atomic E-state index is 4.12. The molecular weight excluding hydrogens is 242 g/mol. The highest BCUT2D eigenvalue weighted by Gasteiger charge is 2.26. The Morgan fingerprint density at radius 1 is 0.833 bits per heavy atom. The summed E-state index contributed by atoms with van der Waals surface area (Å²) in [7, 11) is 0. The van der Waals surface area contributed by atoms with Gasteiger partial charge in [-0.2, -0.15) is 0 Å². The van der Waals surface area contributed by atoms with Gasteiger partial charge >= 0.3 is 0 Å². The van der Waals surface area contributed by atoms with Crippen LogP contribution in [-0.4, -0.2) is 30.7 Å². The van der Waals surface area contributed by atoms with Crippen LogP contribution in [0.5, 0.6) is 0 Å². The first-order valence-corrected chi connectivity index (χ1v) is 7.09. The van der Waals surface area contributed by atoms with Gasteiger partial charge in [-0.3, -0.25) is 0 Å². The quantitative estimate of drug-likeness (QED) is 0.419. The largest absolute Gasteiger partial charge is 1.00 e. The Labute approximate surface area is 121 Å². The van der Waals surface area contributed by atoms with Crippen molar-refractivity contribution in [3.05, 3.63) is 24.3 Å². The molecule has 0 rings (SSSR count). The van der Waals surface area contributed by atoms with Gasteiger partial charge in [-0.15, -0.1) is 0 Å². The molecule has 0 heterocycles. The van der Waals surface area contributed by atoms with Crippen molar-refractivity contribution in [2.75, 3.05) is 26.2 Å². The molecule has 0 aromatic rings. The molecule has 0 N–H and O–H groups in total. The standard InChI is InChI=1S/C16H32N.ClH/c1-7-9-11-17(12-10-8-2,13-15(3)4)14-16(5)6;/h3,5,7-14H2,1-2,4,6H3;1H/q+1;/p-1. The van der Waals surface area contributed by atoms with Crippen LogP contribution in [-0.2, 0) is 0 Å². The second kappa shape index (κ2) is 10.6. The van der Waals surface area contributed by atoms with E-state index in [2.05, 4.69) is 40.9 Å². The monoisotopic (exact) mass is 273 g/mol. The maximum Gasteiger partial charge on any atom is 0.100 e. The first-order chi connectivity index (χ1) is 7.95. The molecule has 0 aliphatic rings. The second-order valence-electron chi connectivity index (χ2n) is 5.73. The van der Waals surface area contributed by atoms with E-state index in [1.807, 2.05) is 0 Å². The van der Waals surface area contributed by atoms with E-state index in [1.165, 1.54) is 54.4 Å². The van der Waals surface area contributed by atoms with Crippen LogP contribution in [0.1, 0.15) is 53.4 Å². The summed E-state index contributed by atoms with van der Waals surface area (Å²) in [4.78, 5) is 0. The predicted molar refractivity (Wildman–Crippen MR) is 79.2 cm³/mol. The van der Waals surface area contributed by atoms with E-state index in [1.54, 1.807) is 0 Å². The van der Waals surface area contributed by atoms with Gasteiger partial charge in [-0.05, 0) is 37.8 Å². The molecule has 0 spiro atoms. The Bertz CT molecular complexity index is 219. The lowest BCUT2D eigenvalue weighted by Crippen LogP contribution is -3.00. The topological polar surface area (TPSA) is 0 Å². The molecular formula is C16H32ClN. The van der Waals surface area contributed by atoms with Crippen molar-refractivity contribution in [1.29, 1.82) is 0 Å². The van der Waals surface area contributed by atoms with E-state index in [0.29, 0.717) is 0 Å². The summed E-state index contributed by atoms with van der Waals surface area (Å²) in [5, 5.41) is 0. The third kappa shape index (κ3) is 8.77. The molecule has 0 aliphatic heterocycles. The predicted octanol–water partition coefficient (Wildman–Crippen LogP) is 1.56. The zero-order valence-electron chi connectivity index (χ0n) is 12.9. The van der Waals surface area contributed by atoms with E-state index in [-0.39, 0.29) is 12.4 Å². The van der Waals surface area contributed by atoms with Gasteiger partial charge in [-0.1, -0.05) is 39.8 Å². The third-order valence-electron chi connectivity index (χ3n) is 3.18. The summed E-state index contributed by atoms with van der Waals surface area (Å²) in [5.74, 6) is 0. The fourth-order valence-electron chi connectivity index (χ4n) is 2.62. The first kappa shape index (κ1) is 20.1. The molecule has 1 nitrogen and oxygen atoms in total. The maximum absolute atomic E-state index is 4.12. The molecule has 108 valence electrons. The minimum absolute atomic E-state index is 0. The van der Waals surface area contributed by atoms with Crippen molar-refractivity contribution in [3.8, 4) is 0 Å². The van der Waals surface area contributed by atoms with Crippen molar-refractivity contribution in [3.63, 3.8) is 0 Å². The number of hydrogen-bond donors (Lipinski definition) is 0. The lowest BCUT2D eigenvalue weighted by Gasteiger charge is -2.39. The summed E-state index contributed by atoms with van der Waals surface area (Å²) < 4.78 is 1.17. The average molecular weight is 274 g/mol. The number of nitrogens with zero attached hydrogens (tertiary/aromatic N) is 1. The number of quaternary nitrogens is 1. The normalized spacial score (nSPS) is 10.9. The van der Waals surface area contributed by atoms with Gasteiger partial charge in [0.25, 0.3) is 0 Å². The zero-order valence-corrected chi connectivity index (χ0v) is 13.7. The van der Waals surface area contributed by atoms with Gasteiger partial charge < -0.3 is 16.9 Å². The molecule has 0 fully saturated rings. The van der Waals surface area contributed by atoms with E-state index in [4.69, 9.17) is 0 Å². The third-order valence-corrected chi connectivity index (χ3v) is 3.18. The summed E-state index contributed by atoms with van der Waals surface area (Å²) in [5.41, 5.74) is 2.61. The van der Waals surface area contributed by atoms with Crippen LogP contribution in [0.2, 0.25) is 0 Å². The van der Waals surface area contributed by atoms with Gasteiger partial charge in [-0.25, -0.2) is 0 Å². The Morgan fingerprint density at radius 3 is 1.39 bits per heavy atom. The Hall–Kier alpha value is -0.270. The SMILES string of the molecule is C=C(C)C[N+](CCCC)(CCCC)CC(=C)C.[Cl-]. The summed E-state index contributed by atoms with van der Waals surface area (Å²) in [6.45, 7) is 21.9. The fraction of sp³-hybridized carbons (Fsp3) is 0.750. The van der Waals surface area contributed by atoms with Gasteiger partial charge in [0.2, 0.25) is 0 Å². The Balaban J connectivity index is 0. The van der Waals surface area contributed by atoms with Crippen LogP contribution in [0.4, 0.5) is 0 Å². The van der Waals surface area contributed by atoms with E-state index in [0.717, 1.165) is 13.1 Å². The molecule has 0 atom stereocenters. The molecule has 0 saturated heterocycles. The minimum atomic E-state index is 0. The van der Waals surface area contributed by atoms with Crippen LogP contribution in [0.15, 0.2) is 24.3 Å². The Kier molecular flexibility index (Phi) is 11.8. The Morgan fingerprint density at radius 2 is 1.17 bits per heavy atom. The number of halogens is 1. The van der Waals surface area contributed by atoms with Gasteiger partial charge in [0, 0.05) is 0 Å². The van der Waals surface area contributed by atoms with Crippen LogP contribution in [0, 0.1) is 0 Å². The van der Waals surface area contributed by atoms with Gasteiger partial charge in [0.15, 0.2) is 0 Å². The zero-order chi connectivity index (χ0) is 13.3. The van der Waals surface area contributed by atoms with E-state index in [9.17, 15) is 0 Å². The van der Waals surface area contributed by atoms with E-state index >= 15 is 0 Å². The molecule has 0 aromatic carbocycles. The average Bonchev–Trinajstić information content (AvgIpc) is 2.22.